The van der Waals surface area contributed by atoms with Crippen molar-refractivity contribution in [3.8, 4) is 0 Å². The third kappa shape index (κ3) is 2.70. The Balaban J connectivity index is 1.78. The van der Waals surface area contributed by atoms with Gasteiger partial charge in [-0.25, -0.2) is 12.8 Å². The van der Waals surface area contributed by atoms with Gasteiger partial charge in [0.1, 0.15) is 5.82 Å². The van der Waals surface area contributed by atoms with Gasteiger partial charge in [-0.3, -0.25) is 0 Å². The maximum absolute atomic E-state index is 13.6. The maximum atomic E-state index is 13.6. The quantitative estimate of drug-likeness (QED) is 0.833. The monoisotopic (exact) mass is 315 g/mol. The molecular formula is C14H18FNO4S. The summed E-state index contributed by atoms with van der Waals surface area (Å²) in [7, 11) is -3.67. The lowest BCUT2D eigenvalue weighted by Gasteiger charge is -2.36. The number of nitrogens with zero attached hydrogens (tertiary/aromatic N) is 1. The van der Waals surface area contributed by atoms with Crippen LogP contribution in [0.5, 0.6) is 0 Å². The van der Waals surface area contributed by atoms with Crippen LogP contribution in [0.25, 0.3) is 0 Å². The van der Waals surface area contributed by atoms with E-state index in [1.807, 2.05) is 0 Å². The number of rotatable bonds is 2. The molecule has 21 heavy (non-hydrogen) atoms. The van der Waals surface area contributed by atoms with Crippen LogP contribution >= 0.6 is 0 Å². The molecule has 116 valence electrons. The molecule has 2 heterocycles. The maximum Gasteiger partial charge on any atom is 0.243 e. The first-order valence-corrected chi connectivity index (χ1v) is 8.41. The van der Waals surface area contributed by atoms with E-state index in [-0.39, 0.29) is 4.90 Å². The third-order valence-electron chi connectivity index (χ3n) is 4.08. The van der Waals surface area contributed by atoms with E-state index in [4.69, 9.17) is 9.47 Å². The van der Waals surface area contributed by atoms with E-state index < -0.39 is 21.6 Å². The molecule has 7 heteroatoms. The van der Waals surface area contributed by atoms with Gasteiger partial charge in [0, 0.05) is 25.9 Å². The fourth-order valence-corrected chi connectivity index (χ4v) is 4.19. The zero-order valence-corrected chi connectivity index (χ0v) is 12.7. The lowest BCUT2D eigenvalue weighted by atomic mass is 10.1. The summed E-state index contributed by atoms with van der Waals surface area (Å²) in [4.78, 5) is -0.00481. The van der Waals surface area contributed by atoms with Crippen LogP contribution in [0.15, 0.2) is 23.1 Å². The Morgan fingerprint density at radius 3 is 2.38 bits per heavy atom. The van der Waals surface area contributed by atoms with Gasteiger partial charge in [0.05, 0.1) is 18.1 Å². The minimum Gasteiger partial charge on any atom is -0.347 e. The van der Waals surface area contributed by atoms with Crippen molar-refractivity contribution in [2.45, 2.75) is 30.4 Å². The number of hydrogen-bond acceptors (Lipinski definition) is 4. The molecule has 0 aliphatic carbocycles. The third-order valence-corrected chi connectivity index (χ3v) is 5.97. The summed E-state index contributed by atoms with van der Waals surface area (Å²) < 4.78 is 51.2. The molecule has 1 aromatic rings. The van der Waals surface area contributed by atoms with E-state index >= 15 is 0 Å². The molecule has 0 atom stereocenters. The van der Waals surface area contributed by atoms with Crippen LogP contribution in [0.2, 0.25) is 0 Å². The van der Waals surface area contributed by atoms with Crippen LogP contribution < -0.4 is 0 Å². The first-order chi connectivity index (χ1) is 9.93. The lowest BCUT2D eigenvalue weighted by molar-refractivity contribution is -0.179. The topological polar surface area (TPSA) is 55.8 Å². The molecule has 3 rings (SSSR count). The van der Waals surface area contributed by atoms with Crippen molar-refractivity contribution in [2.24, 2.45) is 0 Å². The fraction of sp³-hybridized carbons (Fsp3) is 0.571. The van der Waals surface area contributed by atoms with Gasteiger partial charge >= 0.3 is 0 Å². The van der Waals surface area contributed by atoms with Gasteiger partial charge in [0.25, 0.3) is 0 Å². The van der Waals surface area contributed by atoms with Gasteiger partial charge in [-0.05, 0) is 24.6 Å². The van der Waals surface area contributed by atoms with Crippen LogP contribution in [0.3, 0.4) is 0 Å². The Hall–Kier alpha value is -1.02. The van der Waals surface area contributed by atoms with Crippen molar-refractivity contribution in [2.75, 3.05) is 26.3 Å². The lowest BCUT2D eigenvalue weighted by Crippen LogP contribution is -2.47. The number of aryl methyl sites for hydroxylation is 1. The molecule has 2 saturated heterocycles. The smallest absolute Gasteiger partial charge is 0.243 e. The largest absolute Gasteiger partial charge is 0.347 e. The number of piperidine rings is 1. The van der Waals surface area contributed by atoms with Crippen LogP contribution in [0.4, 0.5) is 4.39 Å². The number of benzene rings is 1. The average Bonchev–Trinajstić information content (AvgIpc) is 2.90. The summed E-state index contributed by atoms with van der Waals surface area (Å²) in [5.41, 5.74) is 0.430. The van der Waals surface area contributed by atoms with Crippen molar-refractivity contribution in [1.82, 2.24) is 4.31 Å². The van der Waals surface area contributed by atoms with Crippen molar-refractivity contribution in [3.05, 3.63) is 29.6 Å². The molecule has 0 N–H and O–H groups in total. The Bertz CT molecular complexity index is 630. The van der Waals surface area contributed by atoms with Crippen molar-refractivity contribution in [1.29, 1.82) is 0 Å². The van der Waals surface area contributed by atoms with E-state index in [9.17, 15) is 12.8 Å². The Kier molecular flexibility index (Phi) is 3.77. The highest BCUT2D eigenvalue weighted by Gasteiger charge is 2.42. The molecule has 0 radical (unpaired) electrons. The van der Waals surface area contributed by atoms with Crippen molar-refractivity contribution >= 4 is 10.0 Å². The predicted molar refractivity (Wildman–Crippen MR) is 73.8 cm³/mol. The van der Waals surface area contributed by atoms with Gasteiger partial charge < -0.3 is 9.47 Å². The van der Waals surface area contributed by atoms with E-state index in [1.165, 1.54) is 16.4 Å². The first-order valence-electron chi connectivity index (χ1n) is 6.97. The highest BCUT2D eigenvalue weighted by molar-refractivity contribution is 7.89. The molecular weight excluding hydrogens is 297 g/mol. The molecule has 0 aromatic heterocycles. The van der Waals surface area contributed by atoms with Crippen LogP contribution in [-0.4, -0.2) is 44.8 Å². The van der Waals surface area contributed by atoms with Gasteiger partial charge in [0.2, 0.25) is 10.0 Å². The van der Waals surface area contributed by atoms with Gasteiger partial charge in [-0.1, -0.05) is 6.07 Å². The summed E-state index contributed by atoms with van der Waals surface area (Å²) in [6.07, 6.45) is 1.00. The van der Waals surface area contributed by atoms with Crippen LogP contribution in [0.1, 0.15) is 18.4 Å². The predicted octanol–water partition coefficient (Wildman–Crippen LogP) is 1.66. The highest BCUT2D eigenvalue weighted by Crippen LogP contribution is 2.33. The fourth-order valence-electron chi connectivity index (χ4n) is 2.74. The summed E-state index contributed by atoms with van der Waals surface area (Å²) in [6, 6.07) is 4.01. The van der Waals surface area contributed by atoms with E-state index in [0.717, 1.165) is 6.07 Å². The number of halogens is 1. The normalized spacial score (nSPS) is 22.8. The molecule has 2 aliphatic rings. The summed E-state index contributed by atoms with van der Waals surface area (Å²) in [5.74, 6) is -1.13. The zero-order valence-electron chi connectivity index (χ0n) is 11.8. The van der Waals surface area contributed by atoms with E-state index in [2.05, 4.69) is 0 Å². The zero-order chi connectivity index (χ0) is 15.1. The van der Waals surface area contributed by atoms with Gasteiger partial charge in [0.15, 0.2) is 5.79 Å². The number of hydrogen-bond donors (Lipinski definition) is 0. The van der Waals surface area contributed by atoms with Gasteiger partial charge in [-0.2, -0.15) is 4.31 Å². The molecule has 0 amide bonds. The second kappa shape index (κ2) is 5.31. The molecule has 0 saturated carbocycles. The average molecular weight is 315 g/mol. The second-order valence-corrected chi connectivity index (χ2v) is 7.36. The van der Waals surface area contributed by atoms with E-state index in [1.54, 1.807) is 6.92 Å². The molecule has 1 spiro atoms. The molecule has 0 bridgehead atoms. The molecule has 2 fully saturated rings. The summed E-state index contributed by atoms with van der Waals surface area (Å²) >= 11 is 0. The summed E-state index contributed by atoms with van der Waals surface area (Å²) in [5, 5.41) is 0. The Morgan fingerprint density at radius 2 is 1.81 bits per heavy atom. The van der Waals surface area contributed by atoms with Crippen LogP contribution in [0, 0.1) is 12.7 Å². The standard InChI is InChI=1S/C14H18FNO4S/c1-11-2-3-12(10-13(11)15)21(17,18)16-6-4-14(5-7-16)19-8-9-20-14/h2-3,10H,4-9H2,1H3. The first kappa shape index (κ1) is 14.9. The molecule has 0 unspecified atom stereocenters. The summed E-state index contributed by atoms with van der Waals surface area (Å²) in [6.45, 7) is 3.34. The van der Waals surface area contributed by atoms with Gasteiger partial charge in [-0.15, -0.1) is 0 Å². The number of ether oxygens (including phenoxy) is 2. The SMILES string of the molecule is Cc1ccc(S(=O)(=O)N2CCC3(CC2)OCCO3)cc1F. The highest BCUT2D eigenvalue weighted by atomic mass is 32.2. The van der Waals surface area contributed by atoms with Crippen molar-refractivity contribution in [3.63, 3.8) is 0 Å². The number of sulfonamides is 1. The van der Waals surface area contributed by atoms with Crippen molar-refractivity contribution < 1.29 is 22.3 Å². The molecule has 5 nitrogen and oxygen atoms in total. The molecule has 2 aliphatic heterocycles. The minimum absolute atomic E-state index is 0.00481. The van der Waals surface area contributed by atoms with E-state index in [0.29, 0.717) is 44.7 Å². The Morgan fingerprint density at radius 1 is 1.19 bits per heavy atom. The second-order valence-electron chi connectivity index (χ2n) is 5.42. The Labute approximate surface area is 123 Å². The minimum atomic E-state index is -3.67. The molecule has 1 aromatic carbocycles. The van der Waals surface area contributed by atoms with Crippen LogP contribution in [-0.2, 0) is 19.5 Å².